The highest BCUT2D eigenvalue weighted by Crippen LogP contribution is 2.25. The lowest BCUT2D eigenvalue weighted by atomic mass is 9.95. The minimum Gasteiger partial charge on any atom is -0.271 e. The molecule has 4 nitrogen and oxygen atoms in total. The average Bonchev–Trinajstić information content (AvgIpc) is 2.48. The van der Waals surface area contributed by atoms with Crippen LogP contribution in [-0.4, -0.2) is 10.2 Å². The van der Waals surface area contributed by atoms with Crippen molar-refractivity contribution in [3.8, 4) is 0 Å². The van der Waals surface area contributed by atoms with E-state index in [1.807, 2.05) is 6.92 Å². The van der Waals surface area contributed by atoms with Gasteiger partial charge in [0.15, 0.2) is 0 Å². The molecule has 1 unspecified atom stereocenters. The molecule has 2 aromatic rings. The lowest BCUT2D eigenvalue weighted by Gasteiger charge is -2.20. The van der Waals surface area contributed by atoms with Gasteiger partial charge in [0, 0.05) is 5.56 Å². The molecule has 0 aliphatic carbocycles. The maximum atomic E-state index is 5.80. The maximum Gasteiger partial charge on any atom is 0.0729 e. The molecule has 2 rings (SSSR count). The summed E-state index contributed by atoms with van der Waals surface area (Å²) in [4.78, 5) is 0. The molecule has 0 saturated heterocycles. The Bertz CT molecular complexity index is 580. The first-order chi connectivity index (χ1) is 9.69. The van der Waals surface area contributed by atoms with Gasteiger partial charge in [-0.15, -0.1) is 0 Å². The van der Waals surface area contributed by atoms with Crippen molar-refractivity contribution in [3.05, 3.63) is 58.4 Å². The molecule has 0 amide bonds. The van der Waals surface area contributed by atoms with Gasteiger partial charge in [0.2, 0.25) is 0 Å². The van der Waals surface area contributed by atoms with Crippen LogP contribution in [0.3, 0.4) is 0 Å². The molecule has 0 fully saturated rings. The Morgan fingerprint density at radius 2 is 1.95 bits per heavy atom. The van der Waals surface area contributed by atoms with Gasteiger partial charge >= 0.3 is 0 Å². The van der Waals surface area contributed by atoms with Crippen molar-refractivity contribution in [2.75, 3.05) is 0 Å². The second kappa shape index (κ2) is 6.59. The zero-order valence-corrected chi connectivity index (χ0v) is 12.4. The smallest absolute Gasteiger partial charge is 0.0729 e. The molecular weight excluding hydrogens is 248 g/mol. The van der Waals surface area contributed by atoms with Gasteiger partial charge in [-0.25, -0.2) is 5.43 Å². The summed E-state index contributed by atoms with van der Waals surface area (Å²) in [6, 6.07) is 10.5. The maximum absolute atomic E-state index is 5.80. The zero-order valence-electron chi connectivity index (χ0n) is 12.4. The Balaban J connectivity index is 2.48. The predicted molar refractivity (Wildman–Crippen MR) is 81.1 cm³/mol. The summed E-state index contributed by atoms with van der Waals surface area (Å²) < 4.78 is 0. The van der Waals surface area contributed by atoms with Crippen molar-refractivity contribution in [2.45, 2.75) is 39.7 Å². The summed E-state index contributed by atoms with van der Waals surface area (Å²) in [7, 11) is 0. The lowest BCUT2D eigenvalue weighted by molar-refractivity contribution is 0.621. The van der Waals surface area contributed by atoms with Gasteiger partial charge in [-0.1, -0.05) is 38.1 Å². The molecule has 0 spiro atoms. The molecule has 0 aliphatic rings. The summed E-state index contributed by atoms with van der Waals surface area (Å²) in [6.07, 6.45) is 1.85. The molecule has 3 N–H and O–H groups in total. The van der Waals surface area contributed by atoms with E-state index in [4.69, 9.17) is 5.84 Å². The van der Waals surface area contributed by atoms with Gasteiger partial charge in [-0.05, 0) is 37.0 Å². The molecule has 20 heavy (non-hydrogen) atoms. The van der Waals surface area contributed by atoms with Crippen LogP contribution in [0.5, 0.6) is 0 Å². The Kier molecular flexibility index (Phi) is 4.82. The van der Waals surface area contributed by atoms with E-state index in [1.165, 1.54) is 5.56 Å². The molecule has 0 aliphatic heterocycles. The number of hydrogen-bond acceptors (Lipinski definition) is 4. The van der Waals surface area contributed by atoms with Crippen molar-refractivity contribution in [1.29, 1.82) is 0 Å². The summed E-state index contributed by atoms with van der Waals surface area (Å²) in [5.74, 6) is 5.80. The number of hydrogen-bond donors (Lipinski definition) is 2. The van der Waals surface area contributed by atoms with Crippen molar-refractivity contribution >= 4 is 0 Å². The van der Waals surface area contributed by atoms with E-state index in [0.717, 1.165) is 35.4 Å². The number of benzene rings is 1. The van der Waals surface area contributed by atoms with E-state index in [9.17, 15) is 0 Å². The lowest BCUT2D eigenvalue weighted by Crippen LogP contribution is -2.30. The van der Waals surface area contributed by atoms with E-state index in [1.54, 1.807) is 0 Å². The summed E-state index contributed by atoms with van der Waals surface area (Å²) in [5, 5.41) is 8.42. The highest BCUT2D eigenvalue weighted by molar-refractivity contribution is 5.36. The Morgan fingerprint density at radius 3 is 2.60 bits per heavy atom. The van der Waals surface area contributed by atoms with Gasteiger partial charge in [0.05, 0.1) is 17.4 Å². The van der Waals surface area contributed by atoms with E-state index in [2.05, 4.69) is 59.8 Å². The number of nitrogens with one attached hydrogen (secondary N) is 1. The minimum atomic E-state index is -0.0503. The van der Waals surface area contributed by atoms with Gasteiger partial charge in [0.1, 0.15) is 0 Å². The summed E-state index contributed by atoms with van der Waals surface area (Å²) >= 11 is 0. The van der Waals surface area contributed by atoms with Gasteiger partial charge in [-0.3, -0.25) is 5.84 Å². The fraction of sp³-hybridized carbons (Fsp3) is 0.375. The number of nitrogens with zero attached hydrogens (tertiary/aromatic N) is 2. The Labute approximate surface area is 120 Å². The number of rotatable bonds is 5. The van der Waals surface area contributed by atoms with Crippen molar-refractivity contribution in [1.82, 2.24) is 15.6 Å². The molecule has 1 aromatic carbocycles. The van der Waals surface area contributed by atoms with Crippen LogP contribution in [0.4, 0.5) is 0 Å². The quantitative estimate of drug-likeness (QED) is 0.647. The molecule has 1 aromatic heterocycles. The molecule has 1 atom stereocenters. The third-order valence-corrected chi connectivity index (χ3v) is 3.53. The first kappa shape index (κ1) is 14.6. The summed E-state index contributed by atoms with van der Waals surface area (Å²) in [6.45, 7) is 6.18. The van der Waals surface area contributed by atoms with Crippen LogP contribution in [0.15, 0.2) is 30.3 Å². The van der Waals surface area contributed by atoms with E-state index < -0.39 is 0 Å². The van der Waals surface area contributed by atoms with E-state index in [0.29, 0.717) is 0 Å². The van der Waals surface area contributed by atoms with Gasteiger partial charge in [0.25, 0.3) is 0 Å². The predicted octanol–water partition coefficient (Wildman–Crippen LogP) is 2.46. The number of aryl methyl sites for hydroxylation is 3. The Morgan fingerprint density at radius 1 is 1.15 bits per heavy atom. The van der Waals surface area contributed by atoms with Crippen LogP contribution in [0.1, 0.15) is 48.0 Å². The van der Waals surface area contributed by atoms with Gasteiger partial charge < -0.3 is 0 Å². The first-order valence-electron chi connectivity index (χ1n) is 7.07. The largest absolute Gasteiger partial charge is 0.271 e. The zero-order chi connectivity index (χ0) is 14.5. The molecule has 0 bridgehead atoms. The van der Waals surface area contributed by atoms with Crippen LogP contribution >= 0.6 is 0 Å². The molecule has 1 heterocycles. The monoisotopic (exact) mass is 270 g/mol. The molecule has 0 saturated carbocycles. The molecule has 106 valence electrons. The number of hydrazine groups is 1. The fourth-order valence-electron chi connectivity index (χ4n) is 2.42. The Hall–Kier alpha value is -1.78. The van der Waals surface area contributed by atoms with Crippen molar-refractivity contribution in [2.24, 2.45) is 5.84 Å². The highest BCUT2D eigenvalue weighted by Gasteiger charge is 2.17. The first-order valence-corrected chi connectivity index (χ1v) is 7.07. The second-order valence-corrected chi connectivity index (χ2v) is 4.94. The van der Waals surface area contributed by atoms with Crippen LogP contribution < -0.4 is 11.3 Å². The molecular formula is C16H22N4. The van der Waals surface area contributed by atoms with Crippen LogP contribution in [0.2, 0.25) is 0 Å². The average molecular weight is 270 g/mol. The third kappa shape index (κ3) is 3.03. The van der Waals surface area contributed by atoms with Crippen LogP contribution in [0.25, 0.3) is 0 Å². The van der Waals surface area contributed by atoms with Crippen molar-refractivity contribution < 1.29 is 0 Å². The minimum absolute atomic E-state index is 0.0503. The second-order valence-electron chi connectivity index (χ2n) is 4.94. The topological polar surface area (TPSA) is 63.8 Å². The summed E-state index contributed by atoms with van der Waals surface area (Å²) in [5.41, 5.74) is 8.39. The van der Waals surface area contributed by atoms with Crippen LogP contribution in [0, 0.1) is 6.92 Å². The fourth-order valence-corrected chi connectivity index (χ4v) is 2.42. The van der Waals surface area contributed by atoms with Gasteiger partial charge in [-0.2, -0.15) is 10.2 Å². The van der Waals surface area contributed by atoms with Crippen molar-refractivity contribution in [3.63, 3.8) is 0 Å². The molecule has 0 radical (unpaired) electrons. The van der Waals surface area contributed by atoms with Crippen LogP contribution in [-0.2, 0) is 12.8 Å². The highest BCUT2D eigenvalue weighted by atomic mass is 15.2. The molecule has 4 heteroatoms. The standard InChI is InChI=1S/C16H22N4/c1-4-12-7-6-8-13(10-12)16(18-17)14-9-11(3)19-20-15(14)5-2/h6-10,16,18H,4-5,17H2,1-3H3. The van der Waals surface area contributed by atoms with E-state index in [-0.39, 0.29) is 6.04 Å². The SMILES string of the molecule is CCc1cccc(C(NN)c2cc(C)nnc2CC)c1. The third-order valence-electron chi connectivity index (χ3n) is 3.53. The number of aromatic nitrogens is 2. The normalized spacial score (nSPS) is 12.4. The van der Waals surface area contributed by atoms with E-state index >= 15 is 0 Å². The number of nitrogens with two attached hydrogens (primary N) is 1.